The molecule has 4 heteroatoms. The highest BCUT2D eigenvalue weighted by Gasteiger charge is 2.37. The number of hydrogen-bond donors (Lipinski definition) is 2. The second-order valence-corrected chi connectivity index (χ2v) is 4.28. The molecule has 0 aromatic heterocycles. The first-order valence-corrected chi connectivity index (χ1v) is 5.42. The zero-order valence-corrected chi connectivity index (χ0v) is 9.75. The third-order valence-corrected chi connectivity index (χ3v) is 2.93. The van der Waals surface area contributed by atoms with Gasteiger partial charge in [0.1, 0.15) is 11.5 Å². The number of rotatable bonds is 5. The third kappa shape index (κ3) is 2.39. The second-order valence-electron chi connectivity index (χ2n) is 4.28. The fourth-order valence-corrected chi connectivity index (χ4v) is 1.56. The molecule has 0 atom stereocenters. The normalized spacial score (nSPS) is 16.7. The summed E-state index contributed by atoms with van der Waals surface area (Å²) in [6.45, 7) is 0.774. The molecule has 1 aromatic carbocycles. The van der Waals surface area contributed by atoms with Crippen LogP contribution in [0.25, 0.3) is 0 Å². The Morgan fingerprint density at radius 3 is 2.62 bits per heavy atom. The Morgan fingerprint density at radius 2 is 2.06 bits per heavy atom. The Kier molecular flexibility index (Phi) is 2.92. The van der Waals surface area contributed by atoms with Crippen molar-refractivity contribution >= 4 is 5.69 Å². The standard InChI is InChI=1S/C12H18N2O2/c1-15-9-3-4-11(16-2)10(7-9)14-8-12(13)5-6-12/h3-4,7,14H,5-6,8,13H2,1-2H3. The van der Waals surface area contributed by atoms with E-state index in [1.165, 1.54) is 0 Å². The Labute approximate surface area is 95.7 Å². The van der Waals surface area contributed by atoms with Crippen LogP contribution in [0.3, 0.4) is 0 Å². The van der Waals surface area contributed by atoms with Gasteiger partial charge in [-0.1, -0.05) is 0 Å². The van der Waals surface area contributed by atoms with Crippen LogP contribution in [0.15, 0.2) is 18.2 Å². The van der Waals surface area contributed by atoms with Gasteiger partial charge in [-0.25, -0.2) is 0 Å². The van der Waals surface area contributed by atoms with Gasteiger partial charge in [-0.2, -0.15) is 0 Å². The maximum atomic E-state index is 6.02. The van der Waals surface area contributed by atoms with Gasteiger partial charge in [0.15, 0.2) is 0 Å². The van der Waals surface area contributed by atoms with E-state index in [0.29, 0.717) is 0 Å². The van der Waals surface area contributed by atoms with Gasteiger partial charge in [-0.3, -0.25) is 0 Å². The summed E-state index contributed by atoms with van der Waals surface area (Å²) in [5.41, 5.74) is 6.93. The molecule has 0 aliphatic heterocycles. The van der Waals surface area contributed by atoms with Crippen molar-refractivity contribution < 1.29 is 9.47 Å². The monoisotopic (exact) mass is 222 g/mol. The second kappa shape index (κ2) is 4.22. The average molecular weight is 222 g/mol. The molecule has 4 nitrogen and oxygen atoms in total. The molecule has 1 aliphatic rings. The molecule has 16 heavy (non-hydrogen) atoms. The molecule has 0 unspecified atom stereocenters. The van der Waals surface area contributed by atoms with E-state index in [1.54, 1.807) is 14.2 Å². The Morgan fingerprint density at radius 1 is 1.31 bits per heavy atom. The van der Waals surface area contributed by atoms with E-state index in [2.05, 4.69) is 5.32 Å². The highest BCUT2D eigenvalue weighted by atomic mass is 16.5. The predicted octanol–water partition coefficient (Wildman–Crippen LogP) is 1.61. The fraction of sp³-hybridized carbons (Fsp3) is 0.500. The van der Waals surface area contributed by atoms with E-state index < -0.39 is 0 Å². The highest BCUT2D eigenvalue weighted by molar-refractivity contribution is 5.60. The predicted molar refractivity (Wildman–Crippen MR) is 64.2 cm³/mol. The Balaban J connectivity index is 2.09. The molecule has 1 fully saturated rings. The van der Waals surface area contributed by atoms with E-state index in [4.69, 9.17) is 15.2 Å². The number of ether oxygens (including phenoxy) is 2. The molecular formula is C12H18N2O2. The SMILES string of the molecule is COc1ccc(OC)c(NCC2(N)CC2)c1. The lowest BCUT2D eigenvalue weighted by atomic mass is 10.2. The largest absolute Gasteiger partial charge is 0.497 e. The number of anilines is 1. The minimum Gasteiger partial charge on any atom is -0.497 e. The molecule has 0 bridgehead atoms. The van der Waals surface area contributed by atoms with Gasteiger partial charge in [-0.05, 0) is 25.0 Å². The quantitative estimate of drug-likeness (QED) is 0.794. The van der Waals surface area contributed by atoms with Crippen molar-refractivity contribution in [2.24, 2.45) is 5.73 Å². The van der Waals surface area contributed by atoms with Crippen molar-refractivity contribution in [2.45, 2.75) is 18.4 Å². The number of benzene rings is 1. The van der Waals surface area contributed by atoms with Crippen LogP contribution in [0.2, 0.25) is 0 Å². The zero-order valence-electron chi connectivity index (χ0n) is 9.75. The summed E-state index contributed by atoms with van der Waals surface area (Å²) in [5, 5.41) is 3.31. The summed E-state index contributed by atoms with van der Waals surface area (Å²) in [4.78, 5) is 0. The van der Waals surface area contributed by atoms with Crippen molar-refractivity contribution in [3.05, 3.63) is 18.2 Å². The van der Waals surface area contributed by atoms with Gasteiger partial charge in [0.05, 0.1) is 19.9 Å². The summed E-state index contributed by atoms with van der Waals surface area (Å²) >= 11 is 0. The van der Waals surface area contributed by atoms with Gasteiger partial charge in [0.2, 0.25) is 0 Å². The molecule has 0 spiro atoms. The first-order valence-electron chi connectivity index (χ1n) is 5.42. The summed E-state index contributed by atoms with van der Waals surface area (Å²) in [5.74, 6) is 1.62. The molecular weight excluding hydrogens is 204 g/mol. The maximum Gasteiger partial charge on any atom is 0.142 e. The van der Waals surface area contributed by atoms with E-state index >= 15 is 0 Å². The minimum atomic E-state index is -0.0198. The lowest BCUT2D eigenvalue weighted by molar-refractivity contribution is 0.404. The van der Waals surface area contributed by atoms with E-state index in [-0.39, 0.29) is 5.54 Å². The molecule has 88 valence electrons. The first-order chi connectivity index (χ1) is 7.67. The molecule has 1 aromatic rings. The van der Waals surface area contributed by atoms with Gasteiger partial charge in [0.25, 0.3) is 0 Å². The van der Waals surface area contributed by atoms with Crippen molar-refractivity contribution in [3.63, 3.8) is 0 Å². The molecule has 0 radical (unpaired) electrons. The lowest BCUT2D eigenvalue weighted by Crippen LogP contribution is -2.31. The van der Waals surface area contributed by atoms with Crippen LogP contribution < -0.4 is 20.5 Å². The molecule has 0 saturated heterocycles. The van der Waals surface area contributed by atoms with Gasteiger partial charge < -0.3 is 20.5 Å². The molecule has 1 aliphatic carbocycles. The van der Waals surface area contributed by atoms with Crippen LogP contribution in [-0.4, -0.2) is 26.3 Å². The van der Waals surface area contributed by atoms with E-state index in [0.717, 1.165) is 36.6 Å². The van der Waals surface area contributed by atoms with Crippen molar-refractivity contribution in [1.82, 2.24) is 0 Å². The summed E-state index contributed by atoms with van der Waals surface area (Å²) in [7, 11) is 3.30. The van der Waals surface area contributed by atoms with E-state index in [9.17, 15) is 0 Å². The summed E-state index contributed by atoms with van der Waals surface area (Å²) in [6, 6.07) is 5.68. The number of hydrogen-bond acceptors (Lipinski definition) is 4. The molecule has 3 N–H and O–H groups in total. The molecule has 1 saturated carbocycles. The fourth-order valence-electron chi connectivity index (χ4n) is 1.56. The summed E-state index contributed by atoms with van der Waals surface area (Å²) < 4.78 is 10.4. The third-order valence-electron chi connectivity index (χ3n) is 2.93. The molecule has 0 heterocycles. The van der Waals surface area contributed by atoms with E-state index in [1.807, 2.05) is 18.2 Å². The van der Waals surface area contributed by atoms with Crippen molar-refractivity contribution in [1.29, 1.82) is 0 Å². The van der Waals surface area contributed by atoms with Gasteiger partial charge in [-0.15, -0.1) is 0 Å². The molecule has 2 rings (SSSR count). The highest BCUT2D eigenvalue weighted by Crippen LogP contribution is 2.34. The van der Waals surface area contributed by atoms with Crippen LogP contribution in [0.5, 0.6) is 11.5 Å². The number of nitrogens with two attached hydrogens (primary N) is 1. The van der Waals surface area contributed by atoms with Crippen molar-refractivity contribution in [3.8, 4) is 11.5 Å². The van der Waals surface area contributed by atoms with Crippen LogP contribution in [0.4, 0.5) is 5.69 Å². The lowest BCUT2D eigenvalue weighted by Gasteiger charge is -2.15. The maximum absolute atomic E-state index is 6.02. The van der Waals surface area contributed by atoms with Crippen LogP contribution in [0.1, 0.15) is 12.8 Å². The first kappa shape index (κ1) is 11.1. The van der Waals surface area contributed by atoms with Crippen LogP contribution >= 0.6 is 0 Å². The van der Waals surface area contributed by atoms with Crippen LogP contribution in [-0.2, 0) is 0 Å². The average Bonchev–Trinajstić information content (AvgIpc) is 3.05. The minimum absolute atomic E-state index is 0.0198. The zero-order chi connectivity index (χ0) is 11.6. The smallest absolute Gasteiger partial charge is 0.142 e. The topological polar surface area (TPSA) is 56.5 Å². The summed E-state index contributed by atoms with van der Waals surface area (Å²) in [6.07, 6.45) is 2.18. The Hall–Kier alpha value is -1.42. The Bertz CT molecular complexity index is 375. The molecule has 0 amide bonds. The van der Waals surface area contributed by atoms with Gasteiger partial charge >= 0.3 is 0 Å². The van der Waals surface area contributed by atoms with Crippen molar-refractivity contribution in [2.75, 3.05) is 26.1 Å². The van der Waals surface area contributed by atoms with Gasteiger partial charge in [0, 0.05) is 18.2 Å². The number of nitrogens with one attached hydrogen (secondary N) is 1. The van der Waals surface area contributed by atoms with Crippen LogP contribution in [0, 0.1) is 0 Å². The number of methoxy groups -OCH3 is 2.